The maximum atomic E-state index is 12.7. The Morgan fingerprint density at radius 3 is 2.79 bits per heavy atom. The van der Waals surface area contributed by atoms with Crippen LogP contribution in [0.3, 0.4) is 0 Å². The number of carbonyl (C=O) groups excluding carboxylic acids is 1. The molecule has 4 rings (SSSR count). The number of nitrogens with zero attached hydrogens (tertiary/aromatic N) is 2. The number of amides is 1. The van der Waals surface area contributed by atoms with Gasteiger partial charge in [0.1, 0.15) is 0 Å². The van der Waals surface area contributed by atoms with Crippen molar-refractivity contribution >= 4 is 5.91 Å². The molecule has 1 aromatic rings. The smallest absolute Gasteiger partial charge is 0.254 e. The van der Waals surface area contributed by atoms with Crippen LogP contribution in [0.4, 0.5) is 0 Å². The molecule has 3 aliphatic rings. The average molecular weight is 331 g/mol. The highest BCUT2D eigenvalue weighted by molar-refractivity contribution is 5.95. The van der Waals surface area contributed by atoms with E-state index in [0.717, 1.165) is 57.5 Å². The molecular formula is C18H25N3O3. The number of hydrogen-bond donors (Lipinski definition) is 1. The first-order valence-electron chi connectivity index (χ1n) is 8.91. The highest BCUT2D eigenvalue weighted by atomic mass is 16.7. The number of rotatable bonds is 3. The van der Waals surface area contributed by atoms with Crippen molar-refractivity contribution in [1.82, 2.24) is 15.1 Å². The van der Waals surface area contributed by atoms with E-state index in [2.05, 4.69) is 10.2 Å². The highest BCUT2D eigenvalue weighted by Gasteiger charge is 2.25. The Hall–Kier alpha value is -1.79. The first-order chi connectivity index (χ1) is 11.8. The average Bonchev–Trinajstić information content (AvgIpc) is 3.10. The summed E-state index contributed by atoms with van der Waals surface area (Å²) in [6.07, 6.45) is 2.61. The third kappa shape index (κ3) is 3.35. The van der Waals surface area contributed by atoms with E-state index in [1.165, 1.54) is 12.8 Å². The Labute approximate surface area is 142 Å². The van der Waals surface area contributed by atoms with E-state index in [4.69, 9.17) is 9.47 Å². The van der Waals surface area contributed by atoms with Crippen LogP contribution in [0.15, 0.2) is 18.2 Å². The minimum absolute atomic E-state index is 0.0901. The summed E-state index contributed by atoms with van der Waals surface area (Å²) >= 11 is 0. The number of ether oxygens (including phenoxy) is 2. The van der Waals surface area contributed by atoms with Crippen LogP contribution in [0.2, 0.25) is 0 Å². The van der Waals surface area contributed by atoms with Crippen LogP contribution >= 0.6 is 0 Å². The number of fused-ring (bicyclic) bond motifs is 1. The molecule has 6 nitrogen and oxygen atoms in total. The minimum Gasteiger partial charge on any atom is -0.454 e. The van der Waals surface area contributed by atoms with Crippen molar-refractivity contribution < 1.29 is 14.3 Å². The molecule has 24 heavy (non-hydrogen) atoms. The predicted octanol–water partition coefficient (Wildman–Crippen LogP) is 1.17. The molecule has 6 heteroatoms. The largest absolute Gasteiger partial charge is 0.454 e. The van der Waals surface area contributed by atoms with Crippen molar-refractivity contribution in [3.63, 3.8) is 0 Å². The summed E-state index contributed by atoms with van der Waals surface area (Å²) in [4.78, 5) is 17.1. The third-order valence-electron chi connectivity index (χ3n) is 5.19. The number of piperazine rings is 1. The normalized spacial score (nSPS) is 24.2. The summed E-state index contributed by atoms with van der Waals surface area (Å²) in [5.41, 5.74) is 0.684. The Kier molecular flexibility index (Phi) is 4.58. The van der Waals surface area contributed by atoms with Gasteiger partial charge in [0.15, 0.2) is 11.5 Å². The molecule has 0 aromatic heterocycles. The number of benzene rings is 1. The van der Waals surface area contributed by atoms with E-state index < -0.39 is 0 Å². The van der Waals surface area contributed by atoms with Gasteiger partial charge in [-0.3, -0.25) is 9.69 Å². The van der Waals surface area contributed by atoms with Crippen molar-refractivity contribution in [2.75, 3.05) is 52.6 Å². The maximum absolute atomic E-state index is 12.7. The molecule has 2 saturated heterocycles. The molecule has 130 valence electrons. The Morgan fingerprint density at radius 1 is 1.17 bits per heavy atom. The fourth-order valence-corrected chi connectivity index (χ4v) is 3.79. The molecule has 1 unspecified atom stereocenters. The van der Waals surface area contributed by atoms with Gasteiger partial charge in [-0.2, -0.15) is 0 Å². The van der Waals surface area contributed by atoms with Gasteiger partial charge in [-0.05, 0) is 50.0 Å². The quantitative estimate of drug-likeness (QED) is 0.901. The molecular weight excluding hydrogens is 306 g/mol. The molecule has 1 amide bonds. The lowest BCUT2D eigenvalue weighted by Crippen LogP contribution is -2.50. The first kappa shape index (κ1) is 15.7. The van der Waals surface area contributed by atoms with E-state index in [0.29, 0.717) is 11.3 Å². The third-order valence-corrected chi connectivity index (χ3v) is 5.19. The molecule has 0 aliphatic carbocycles. The van der Waals surface area contributed by atoms with Gasteiger partial charge in [0.05, 0.1) is 0 Å². The highest BCUT2D eigenvalue weighted by Crippen LogP contribution is 2.32. The van der Waals surface area contributed by atoms with Crippen LogP contribution in [0.5, 0.6) is 11.5 Å². The molecule has 1 atom stereocenters. The lowest BCUT2D eigenvalue weighted by molar-refractivity contribution is 0.0609. The second-order valence-corrected chi connectivity index (χ2v) is 6.87. The number of hydrogen-bond acceptors (Lipinski definition) is 5. The van der Waals surface area contributed by atoms with Gasteiger partial charge in [-0.1, -0.05) is 0 Å². The molecule has 0 bridgehead atoms. The van der Waals surface area contributed by atoms with Gasteiger partial charge in [-0.15, -0.1) is 0 Å². The van der Waals surface area contributed by atoms with E-state index >= 15 is 0 Å². The maximum Gasteiger partial charge on any atom is 0.254 e. The Balaban J connectivity index is 1.31. The fraction of sp³-hybridized carbons (Fsp3) is 0.611. The zero-order valence-electron chi connectivity index (χ0n) is 14.0. The molecule has 0 radical (unpaired) electrons. The molecule has 1 N–H and O–H groups in total. The number of carbonyl (C=O) groups is 1. The second-order valence-electron chi connectivity index (χ2n) is 6.87. The molecule has 1 aromatic carbocycles. The standard InChI is InChI=1S/C18H25N3O3/c22-18(15-3-4-16-17(10-15)24-13-23-16)21-8-6-20(7-9-21)12-14-2-1-5-19-11-14/h3-4,10,14,19H,1-2,5-9,11-13H2. The second kappa shape index (κ2) is 6.99. The van der Waals surface area contributed by atoms with Gasteiger partial charge in [0.25, 0.3) is 5.91 Å². The van der Waals surface area contributed by atoms with E-state index in [1.54, 1.807) is 6.07 Å². The Morgan fingerprint density at radius 2 is 2.00 bits per heavy atom. The zero-order valence-corrected chi connectivity index (χ0v) is 14.0. The van der Waals surface area contributed by atoms with Crippen molar-refractivity contribution in [3.05, 3.63) is 23.8 Å². The summed E-state index contributed by atoms with van der Waals surface area (Å²) in [5, 5.41) is 3.48. The Bertz CT molecular complexity index is 593. The van der Waals surface area contributed by atoms with Crippen LogP contribution in [-0.4, -0.2) is 68.3 Å². The lowest BCUT2D eigenvalue weighted by Gasteiger charge is -2.37. The minimum atomic E-state index is 0.0901. The van der Waals surface area contributed by atoms with Crippen LogP contribution < -0.4 is 14.8 Å². The van der Waals surface area contributed by atoms with Crippen molar-refractivity contribution in [3.8, 4) is 11.5 Å². The SMILES string of the molecule is O=C(c1ccc2c(c1)OCO2)N1CCN(CC2CCCNC2)CC1. The monoisotopic (exact) mass is 331 g/mol. The van der Waals surface area contributed by atoms with E-state index in [9.17, 15) is 4.79 Å². The van der Waals surface area contributed by atoms with Crippen LogP contribution in [0.1, 0.15) is 23.2 Å². The summed E-state index contributed by atoms with van der Waals surface area (Å²) in [6, 6.07) is 5.45. The fourth-order valence-electron chi connectivity index (χ4n) is 3.79. The van der Waals surface area contributed by atoms with Crippen molar-refractivity contribution in [2.45, 2.75) is 12.8 Å². The molecule has 3 heterocycles. The zero-order chi connectivity index (χ0) is 16.4. The molecule has 0 saturated carbocycles. The number of piperidine rings is 1. The van der Waals surface area contributed by atoms with E-state index in [-0.39, 0.29) is 12.7 Å². The summed E-state index contributed by atoms with van der Waals surface area (Å²) in [5.74, 6) is 2.24. The van der Waals surface area contributed by atoms with Crippen LogP contribution in [-0.2, 0) is 0 Å². The lowest BCUT2D eigenvalue weighted by atomic mass is 9.99. The van der Waals surface area contributed by atoms with Crippen LogP contribution in [0, 0.1) is 5.92 Å². The molecule has 0 spiro atoms. The van der Waals surface area contributed by atoms with Crippen molar-refractivity contribution in [2.24, 2.45) is 5.92 Å². The molecule has 3 aliphatic heterocycles. The summed E-state index contributed by atoms with van der Waals surface area (Å²) < 4.78 is 10.7. The summed E-state index contributed by atoms with van der Waals surface area (Å²) in [7, 11) is 0. The topological polar surface area (TPSA) is 54.0 Å². The summed E-state index contributed by atoms with van der Waals surface area (Å²) in [6.45, 7) is 7.21. The first-order valence-corrected chi connectivity index (χ1v) is 8.91. The van der Waals surface area contributed by atoms with Crippen LogP contribution in [0.25, 0.3) is 0 Å². The van der Waals surface area contributed by atoms with Gasteiger partial charge in [0, 0.05) is 38.3 Å². The van der Waals surface area contributed by atoms with Gasteiger partial charge >= 0.3 is 0 Å². The van der Waals surface area contributed by atoms with E-state index in [1.807, 2.05) is 17.0 Å². The predicted molar refractivity (Wildman–Crippen MR) is 90.5 cm³/mol. The van der Waals surface area contributed by atoms with Gasteiger partial charge in [0.2, 0.25) is 6.79 Å². The van der Waals surface area contributed by atoms with Gasteiger partial charge < -0.3 is 19.7 Å². The molecule has 2 fully saturated rings. The number of nitrogens with one attached hydrogen (secondary N) is 1. The van der Waals surface area contributed by atoms with Gasteiger partial charge in [-0.25, -0.2) is 0 Å². The van der Waals surface area contributed by atoms with Crippen molar-refractivity contribution in [1.29, 1.82) is 0 Å².